The highest BCUT2D eigenvalue weighted by Crippen LogP contribution is 2.14. The predicted molar refractivity (Wildman–Crippen MR) is 45.2 cm³/mol. The third-order valence-corrected chi connectivity index (χ3v) is 1.98. The monoisotopic (exact) mass is 169 g/mol. The summed E-state index contributed by atoms with van der Waals surface area (Å²) in [6.45, 7) is 3.38. The molecule has 0 unspecified atom stereocenters. The van der Waals surface area contributed by atoms with Gasteiger partial charge in [0.05, 0.1) is 0 Å². The maximum absolute atomic E-state index is 10.7. The zero-order valence-electron chi connectivity index (χ0n) is 7.26. The number of amides is 1. The largest absolute Gasteiger partial charge is 0.480 e. The van der Waals surface area contributed by atoms with E-state index in [4.69, 9.17) is 13.0 Å². The predicted octanol–water partition coefficient (Wildman–Crippen LogP) is 0.508. The highest BCUT2D eigenvalue weighted by Gasteiger charge is 2.34. The summed E-state index contributed by atoms with van der Waals surface area (Å²) >= 11 is 0. The highest BCUT2D eigenvalue weighted by atomic mass is 16.4. The van der Waals surface area contributed by atoms with Crippen LogP contribution in [-0.4, -0.2) is 30.3 Å². The number of hydrogen-bond acceptors (Lipinski definition) is 2. The van der Waals surface area contributed by atoms with E-state index in [1.54, 1.807) is 13.8 Å². The summed E-state index contributed by atoms with van der Waals surface area (Å²) in [7, 11) is 4.85. The number of carboxylic acid groups (broad SMARTS) is 1. The molecular formula is C7H12BNO3. The molecule has 0 saturated carbocycles. The van der Waals surface area contributed by atoms with Gasteiger partial charge in [0.1, 0.15) is 5.54 Å². The zero-order valence-corrected chi connectivity index (χ0v) is 7.26. The van der Waals surface area contributed by atoms with Gasteiger partial charge in [-0.3, -0.25) is 4.79 Å². The second kappa shape index (κ2) is 4.14. The summed E-state index contributed by atoms with van der Waals surface area (Å²) in [5, 5.41) is 11.0. The summed E-state index contributed by atoms with van der Waals surface area (Å²) in [4.78, 5) is 21.2. The number of carbonyl (C=O) groups is 2. The first-order chi connectivity index (χ1) is 5.48. The Morgan fingerprint density at radius 1 is 1.42 bits per heavy atom. The van der Waals surface area contributed by atoms with Crippen molar-refractivity contribution in [2.45, 2.75) is 32.2 Å². The summed E-state index contributed by atoms with van der Waals surface area (Å²) in [5.74, 6) is -1.85. The summed E-state index contributed by atoms with van der Waals surface area (Å²) in [5.41, 5.74) is -1.20. The Labute approximate surface area is 72.7 Å². The zero-order chi connectivity index (χ0) is 9.78. The average Bonchev–Trinajstić information content (AvgIpc) is 1.99. The van der Waals surface area contributed by atoms with E-state index in [1.165, 1.54) is 0 Å². The molecule has 0 atom stereocenters. The first-order valence-electron chi connectivity index (χ1n) is 3.79. The van der Waals surface area contributed by atoms with Crippen LogP contribution >= 0.6 is 0 Å². The molecule has 0 aliphatic rings. The first-order valence-corrected chi connectivity index (χ1v) is 3.79. The van der Waals surface area contributed by atoms with Crippen molar-refractivity contribution in [2.24, 2.45) is 0 Å². The van der Waals surface area contributed by atoms with E-state index in [-0.39, 0.29) is 0 Å². The molecule has 66 valence electrons. The second-order valence-corrected chi connectivity index (χ2v) is 2.58. The van der Waals surface area contributed by atoms with Gasteiger partial charge in [-0.15, -0.1) is 0 Å². The number of aliphatic carboxylic acids is 1. The lowest BCUT2D eigenvalue weighted by atomic mass is 9.91. The van der Waals surface area contributed by atoms with E-state index in [1.807, 2.05) is 0 Å². The van der Waals surface area contributed by atoms with Gasteiger partial charge >= 0.3 is 5.97 Å². The topological polar surface area (TPSA) is 66.4 Å². The van der Waals surface area contributed by atoms with Gasteiger partial charge in [-0.05, 0) is 12.8 Å². The third kappa shape index (κ3) is 2.25. The molecule has 5 heteroatoms. The minimum absolute atomic E-state index is 0.321. The Bertz CT molecular complexity index is 189. The fourth-order valence-corrected chi connectivity index (χ4v) is 1.02. The lowest BCUT2D eigenvalue weighted by Gasteiger charge is -2.27. The lowest BCUT2D eigenvalue weighted by Crippen LogP contribution is -2.53. The minimum atomic E-state index is -1.20. The van der Waals surface area contributed by atoms with Crippen LogP contribution in [0.25, 0.3) is 0 Å². The summed E-state index contributed by atoms with van der Waals surface area (Å²) < 4.78 is 0. The quantitative estimate of drug-likeness (QED) is 0.602. The number of rotatable bonds is 4. The van der Waals surface area contributed by atoms with Crippen LogP contribution in [-0.2, 0) is 4.79 Å². The number of hydrogen-bond donors (Lipinski definition) is 2. The van der Waals surface area contributed by atoms with Gasteiger partial charge in [0.2, 0.25) is 7.85 Å². The van der Waals surface area contributed by atoms with Gasteiger partial charge in [-0.1, -0.05) is 13.8 Å². The second-order valence-electron chi connectivity index (χ2n) is 2.58. The van der Waals surface area contributed by atoms with Gasteiger partial charge in [-0.2, -0.15) is 0 Å². The molecule has 2 radical (unpaired) electrons. The highest BCUT2D eigenvalue weighted by molar-refractivity contribution is 6.57. The van der Waals surface area contributed by atoms with Crippen LogP contribution in [0.3, 0.4) is 0 Å². The number of nitrogens with one attached hydrogen (secondary N) is 1. The molecule has 0 fully saturated rings. The average molecular weight is 169 g/mol. The Kier molecular flexibility index (Phi) is 3.79. The van der Waals surface area contributed by atoms with E-state index in [9.17, 15) is 9.59 Å². The maximum Gasteiger partial charge on any atom is 0.329 e. The molecule has 0 bridgehead atoms. The van der Waals surface area contributed by atoms with Crippen molar-refractivity contribution in [3.8, 4) is 0 Å². The molecule has 2 N–H and O–H groups in total. The molecule has 0 saturated heterocycles. The van der Waals surface area contributed by atoms with Gasteiger partial charge in [0, 0.05) is 0 Å². The molecule has 12 heavy (non-hydrogen) atoms. The number of carboxylic acids is 1. The van der Waals surface area contributed by atoms with Gasteiger partial charge < -0.3 is 10.4 Å². The van der Waals surface area contributed by atoms with Crippen molar-refractivity contribution in [3.63, 3.8) is 0 Å². The molecule has 1 amide bonds. The Morgan fingerprint density at radius 2 is 1.83 bits per heavy atom. The number of carbonyl (C=O) groups excluding carboxylic acids is 1. The summed E-state index contributed by atoms with van der Waals surface area (Å²) in [6.07, 6.45) is 0.642. The Morgan fingerprint density at radius 3 is 1.92 bits per heavy atom. The van der Waals surface area contributed by atoms with Crippen molar-refractivity contribution in [1.82, 2.24) is 5.32 Å². The van der Waals surface area contributed by atoms with Gasteiger partial charge in [0.25, 0.3) is 0 Å². The van der Waals surface area contributed by atoms with Crippen LogP contribution in [0.2, 0.25) is 0 Å². The molecule has 0 aromatic heterocycles. The molecule has 0 aliphatic heterocycles. The van der Waals surface area contributed by atoms with Crippen molar-refractivity contribution in [3.05, 3.63) is 0 Å². The molecule has 0 aromatic rings. The van der Waals surface area contributed by atoms with Crippen LogP contribution < -0.4 is 5.32 Å². The van der Waals surface area contributed by atoms with Crippen molar-refractivity contribution in [2.75, 3.05) is 0 Å². The molecule has 0 spiro atoms. The Hall–Kier alpha value is -0.995. The summed E-state index contributed by atoms with van der Waals surface area (Å²) in [6, 6.07) is 0. The first kappa shape index (κ1) is 11.0. The molecule has 0 rings (SSSR count). The van der Waals surface area contributed by atoms with Crippen molar-refractivity contribution < 1.29 is 14.7 Å². The third-order valence-electron chi connectivity index (χ3n) is 1.98. The smallest absolute Gasteiger partial charge is 0.329 e. The van der Waals surface area contributed by atoms with E-state index in [0.29, 0.717) is 12.8 Å². The van der Waals surface area contributed by atoms with E-state index < -0.39 is 17.3 Å². The molecular weight excluding hydrogens is 157 g/mol. The van der Waals surface area contributed by atoms with Crippen molar-refractivity contribution >= 4 is 19.6 Å². The fraction of sp³-hybridized carbons (Fsp3) is 0.714. The normalized spacial score (nSPS) is 10.8. The van der Waals surface area contributed by atoms with Crippen LogP contribution in [0, 0.1) is 0 Å². The molecule has 0 heterocycles. The van der Waals surface area contributed by atoms with Crippen LogP contribution in [0.15, 0.2) is 0 Å². The van der Waals surface area contributed by atoms with E-state index >= 15 is 0 Å². The van der Waals surface area contributed by atoms with Gasteiger partial charge in [0.15, 0.2) is 5.81 Å². The SMILES string of the molecule is [B]C(=O)NC(CC)(CC)C(=O)O. The Balaban J connectivity index is 4.58. The van der Waals surface area contributed by atoms with Crippen LogP contribution in [0.5, 0.6) is 0 Å². The standard InChI is InChI=1S/C7H12BNO3/c1-3-7(4-2,5(10)11)9-6(8)12/h3-4H2,1-2H3,(H,9,12)(H,10,11). The minimum Gasteiger partial charge on any atom is -0.480 e. The maximum atomic E-state index is 10.7. The molecule has 0 aliphatic carbocycles. The van der Waals surface area contributed by atoms with E-state index in [2.05, 4.69) is 5.32 Å². The van der Waals surface area contributed by atoms with Crippen LogP contribution in [0.4, 0.5) is 4.79 Å². The van der Waals surface area contributed by atoms with E-state index in [0.717, 1.165) is 0 Å². The van der Waals surface area contributed by atoms with Crippen molar-refractivity contribution in [1.29, 1.82) is 0 Å². The van der Waals surface area contributed by atoms with Crippen LogP contribution in [0.1, 0.15) is 26.7 Å². The fourth-order valence-electron chi connectivity index (χ4n) is 1.02. The molecule has 0 aromatic carbocycles. The lowest BCUT2D eigenvalue weighted by molar-refractivity contribution is -0.144. The molecule has 4 nitrogen and oxygen atoms in total. The van der Waals surface area contributed by atoms with Gasteiger partial charge in [-0.25, -0.2) is 4.79 Å².